The molecule has 1 unspecified atom stereocenters. The summed E-state index contributed by atoms with van der Waals surface area (Å²) in [6.45, 7) is 5.85. The molecule has 0 amide bonds. The van der Waals surface area contributed by atoms with Crippen LogP contribution in [0.4, 0.5) is 0 Å². The molecule has 4 nitrogen and oxygen atoms in total. The van der Waals surface area contributed by atoms with Gasteiger partial charge in [0.2, 0.25) is 0 Å². The Kier molecular flexibility index (Phi) is 6.30. The number of carbonyl (C=O) groups is 1. The van der Waals surface area contributed by atoms with Crippen LogP contribution in [0.15, 0.2) is 35.5 Å². The molecule has 2 aliphatic rings. The van der Waals surface area contributed by atoms with Crippen LogP contribution in [-0.2, 0) is 4.79 Å². The molecule has 1 aromatic carbocycles. The van der Waals surface area contributed by atoms with Crippen LogP contribution in [0.1, 0.15) is 64.0 Å². The van der Waals surface area contributed by atoms with Gasteiger partial charge < -0.3 is 15.0 Å². The van der Waals surface area contributed by atoms with E-state index in [9.17, 15) is 4.79 Å². The summed E-state index contributed by atoms with van der Waals surface area (Å²) in [5.41, 5.74) is 3.05. The Labute approximate surface area is 161 Å². The quantitative estimate of drug-likeness (QED) is 0.563. The average Bonchev–Trinajstić information content (AvgIpc) is 2.64. The highest BCUT2D eigenvalue weighted by atomic mass is 32.1. The lowest BCUT2D eigenvalue weighted by Crippen LogP contribution is -2.49. The molecule has 0 fully saturated rings. The molecule has 0 bridgehead atoms. The Hall–Kier alpha value is -1.88. The minimum Gasteiger partial charge on any atom is -0.494 e. The molecule has 3 rings (SSSR count). The van der Waals surface area contributed by atoms with Crippen LogP contribution in [0.2, 0.25) is 0 Å². The zero-order valence-corrected chi connectivity index (χ0v) is 16.5. The average molecular weight is 373 g/mol. The van der Waals surface area contributed by atoms with E-state index in [1.54, 1.807) is 0 Å². The zero-order valence-electron chi connectivity index (χ0n) is 15.7. The maximum atomic E-state index is 12.8. The SMILES string of the molecule is CCCCOc1cccc(C2NC(=S)N(CCC)C3=C2C(=O)CCC3)c1. The minimum absolute atomic E-state index is 0.173. The van der Waals surface area contributed by atoms with Gasteiger partial charge in [0.15, 0.2) is 10.9 Å². The number of nitrogens with one attached hydrogen (secondary N) is 1. The maximum absolute atomic E-state index is 12.8. The molecule has 1 N–H and O–H groups in total. The lowest BCUT2D eigenvalue weighted by atomic mass is 9.84. The summed E-state index contributed by atoms with van der Waals surface area (Å²) in [5.74, 6) is 1.09. The summed E-state index contributed by atoms with van der Waals surface area (Å²) in [6, 6.07) is 7.88. The summed E-state index contributed by atoms with van der Waals surface area (Å²) >= 11 is 5.63. The molecule has 1 aliphatic carbocycles. The third-order valence-corrected chi connectivity index (χ3v) is 5.30. The molecule has 140 valence electrons. The van der Waals surface area contributed by atoms with Crippen LogP contribution in [0.3, 0.4) is 0 Å². The Bertz CT molecular complexity index is 714. The first-order chi connectivity index (χ1) is 12.7. The second-order valence-corrected chi connectivity index (χ2v) is 7.33. The Morgan fingerprint density at radius 3 is 2.88 bits per heavy atom. The molecule has 1 atom stereocenters. The molecule has 26 heavy (non-hydrogen) atoms. The van der Waals surface area contributed by atoms with Crippen LogP contribution in [-0.4, -0.2) is 28.9 Å². The third-order valence-electron chi connectivity index (χ3n) is 4.96. The zero-order chi connectivity index (χ0) is 18.5. The van der Waals surface area contributed by atoms with Crippen molar-refractivity contribution in [3.8, 4) is 5.75 Å². The second kappa shape index (κ2) is 8.67. The third kappa shape index (κ3) is 3.93. The van der Waals surface area contributed by atoms with Gasteiger partial charge in [-0.1, -0.05) is 32.4 Å². The van der Waals surface area contributed by atoms with E-state index in [1.807, 2.05) is 18.2 Å². The van der Waals surface area contributed by atoms with Gasteiger partial charge in [0.05, 0.1) is 12.6 Å². The van der Waals surface area contributed by atoms with Crippen LogP contribution >= 0.6 is 12.2 Å². The van der Waals surface area contributed by atoms with Gasteiger partial charge in [-0.25, -0.2) is 0 Å². The van der Waals surface area contributed by atoms with Gasteiger partial charge >= 0.3 is 0 Å². The van der Waals surface area contributed by atoms with Gasteiger partial charge in [0.1, 0.15) is 5.75 Å². The highest BCUT2D eigenvalue weighted by Gasteiger charge is 2.36. The Morgan fingerprint density at radius 2 is 2.12 bits per heavy atom. The van der Waals surface area contributed by atoms with E-state index >= 15 is 0 Å². The van der Waals surface area contributed by atoms with Crippen molar-refractivity contribution in [3.05, 3.63) is 41.1 Å². The Morgan fingerprint density at radius 1 is 1.27 bits per heavy atom. The summed E-state index contributed by atoms with van der Waals surface area (Å²) in [7, 11) is 0. The number of thiocarbonyl (C=S) groups is 1. The number of hydrogen-bond donors (Lipinski definition) is 1. The van der Waals surface area contributed by atoms with Crippen LogP contribution < -0.4 is 10.1 Å². The van der Waals surface area contributed by atoms with Gasteiger partial charge in [0, 0.05) is 24.2 Å². The van der Waals surface area contributed by atoms with E-state index in [0.717, 1.165) is 66.3 Å². The fourth-order valence-corrected chi connectivity index (χ4v) is 4.00. The second-order valence-electron chi connectivity index (χ2n) is 6.95. The van der Waals surface area contributed by atoms with Gasteiger partial charge in [-0.05, 0) is 55.6 Å². The normalized spacial score (nSPS) is 20.1. The van der Waals surface area contributed by atoms with Crippen molar-refractivity contribution in [2.24, 2.45) is 0 Å². The van der Waals surface area contributed by atoms with Gasteiger partial charge in [-0.2, -0.15) is 0 Å². The van der Waals surface area contributed by atoms with Gasteiger partial charge in [-0.15, -0.1) is 0 Å². The van der Waals surface area contributed by atoms with E-state index < -0.39 is 0 Å². The molecular weight excluding hydrogens is 344 g/mol. The molecule has 5 heteroatoms. The first kappa shape index (κ1) is 18.9. The first-order valence-electron chi connectivity index (χ1n) is 9.72. The maximum Gasteiger partial charge on any atom is 0.173 e. The number of benzene rings is 1. The van der Waals surface area contributed by atoms with E-state index in [2.05, 4.69) is 30.1 Å². The van der Waals surface area contributed by atoms with E-state index in [-0.39, 0.29) is 11.8 Å². The van der Waals surface area contributed by atoms with Gasteiger partial charge in [-0.3, -0.25) is 4.79 Å². The molecule has 0 spiro atoms. The Balaban J connectivity index is 1.94. The number of nitrogens with zero attached hydrogens (tertiary/aromatic N) is 1. The van der Waals surface area contributed by atoms with Crippen molar-refractivity contribution in [2.45, 2.75) is 58.4 Å². The summed E-state index contributed by atoms with van der Waals surface area (Å²) in [4.78, 5) is 14.9. The largest absolute Gasteiger partial charge is 0.494 e. The van der Waals surface area contributed by atoms with E-state index in [0.29, 0.717) is 13.0 Å². The summed E-state index contributed by atoms with van der Waals surface area (Å²) in [5, 5.41) is 4.14. The number of hydrogen-bond acceptors (Lipinski definition) is 3. The molecule has 1 heterocycles. The van der Waals surface area contributed by atoms with Crippen molar-refractivity contribution in [1.29, 1.82) is 0 Å². The lowest BCUT2D eigenvalue weighted by Gasteiger charge is -2.41. The minimum atomic E-state index is -0.173. The lowest BCUT2D eigenvalue weighted by molar-refractivity contribution is -0.116. The van der Waals surface area contributed by atoms with E-state index in [1.165, 1.54) is 0 Å². The smallest absolute Gasteiger partial charge is 0.173 e. The molecule has 0 saturated heterocycles. The fraction of sp³-hybridized carbons (Fsp3) is 0.524. The predicted octanol–water partition coefficient (Wildman–Crippen LogP) is 4.51. The number of ketones is 1. The fourth-order valence-electron chi connectivity index (χ4n) is 3.68. The standard InChI is InChI=1S/C21H28N2O2S/c1-3-5-13-25-16-9-6-8-15(14-16)20-19-17(10-7-11-18(19)24)23(12-4-2)21(26)22-20/h6,8-9,14,20H,3-5,7,10-13H2,1-2H3,(H,22,26). The molecule has 0 saturated carbocycles. The molecule has 1 aromatic rings. The summed E-state index contributed by atoms with van der Waals surface area (Å²) < 4.78 is 5.86. The predicted molar refractivity (Wildman–Crippen MR) is 108 cm³/mol. The molecule has 1 aliphatic heterocycles. The highest BCUT2D eigenvalue weighted by Crippen LogP contribution is 2.38. The van der Waals surface area contributed by atoms with Gasteiger partial charge in [0.25, 0.3) is 0 Å². The van der Waals surface area contributed by atoms with Crippen molar-refractivity contribution in [2.75, 3.05) is 13.2 Å². The van der Waals surface area contributed by atoms with Crippen molar-refractivity contribution in [1.82, 2.24) is 10.2 Å². The van der Waals surface area contributed by atoms with Crippen molar-refractivity contribution < 1.29 is 9.53 Å². The number of unbranched alkanes of at least 4 members (excludes halogenated alkanes) is 1. The summed E-state index contributed by atoms with van der Waals surface area (Å²) in [6.07, 6.45) is 5.60. The topological polar surface area (TPSA) is 41.6 Å². The number of Topliss-reactive ketones (excluding diaryl/α,β-unsaturated/α-hetero) is 1. The van der Waals surface area contributed by atoms with Crippen LogP contribution in [0, 0.1) is 0 Å². The number of carbonyl (C=O) groups excluding carboxylic acids is 1. The monoisotopic (exact) mass is 372 g/mol. The molecular formula is C21H28N2O2S. The molecule has 0 radical (unpaired) electrons. The van der Waals surface area contributed by atoms with Crippen LogP contribution in [0.25, 0.3) is 0 Å². The number of ether oxygens (including phenoxy) is 1. The highest BCUT2D eigenvalue weighted by molar-refractivity contribution is 7.80. The van der Waals surface area contributed by atoms with E-state index in [4.69, 9.17) is 17.0 Å². The van der Waals surface area contributed by atoms with Crippen molar-refractivity contribution >= 4 is 23.1 Å². The molecule has 0 aromatic heterocycles. The van der Waals surface area contributed by atoms with Crippen molar-refractivity contribution in [3.63, 3.8) is 0 Å². The van der Waals surface area contributed by atoms with Crippen LogP contribution in [0.5, 0.6) is 5.75 Å². The first-order valence-corrected chi connectivity index (χ1v) is 10.1. The number of rotatable bonds is 7. The number of allylic oxidation sites excluding steroid dienone is 1.